The summed E-state index contributed by atoms with van der Waals surface area (Å²) in [6, 6.07) is 5.54. The van der Waals surface area contributed by atoms with Crippen LogP contribution in [0, 0.1) is 12.3 Å². The van der Waals surface area contributed by atoms with Gasteiger partial charge in [-0.2, -0.15) is 0 Å². The Kier molecular flexibility index (Phi) is 5.52. The van der Waals surface area contributed by atoms with Gasteiger partial charge in [-0.15, -0.1) is 0 Å². The molecule has 0 bridgehead atoms. The van der Waals surface area contributed by atoms with E-state index in [1.165, 1.54) is 0 Å². The average molecular weight is 332 g/mol. The summed E-state index contributed by atoms with van der Waals surface area (Å²) in [6.45, 7) is 12.6. The van der Waals surface area contributed by atoms with Crippen molar-refractivity contribution in [3.05, 3.63) is 29.3 Å². The number of amides is 2. The lowest BCUT2D eigenvalue weighted by Gasteiger charge is -2.37. The van der Waals surface area contributed by atoms with Crippen LogP contribution in [0.3, 0.4) is 0 Å². The average Bonchev–Trinajstić information content (AvgIpc) is 2.55. The lowest BCUT2D eigenvalue weighted by atomic mass is 9.94. The molecule has 1 saturated heterocycles. The number of rotatable bonds is 3. The van der Waals surface area contributed by atoms with E-state index in [-0.39, 0.29) is 17.2 Å². The summed E-state index contributed by atoms with van der Waals surface area (Å²) in [5.74, 6) is 0.977. The van der Waals surface area contributed by atoms with Crippen LogP contribution in [-0.4, -0.2) is 54.4 Å². The first-order valence-corrected chi connectivity index (χ1v) is 8.56. The third kappa shape index (κ3) is 4.08. The molecule has 0 aromatic heterocycles. The molecule has 5 heteroatoms. The van der Waals surface area contributed by atoms with Crippen molar-refractivity contribution in [1.29, 1.82) is 0 Å². The van der Waals surface area contributed by atoms with Crippen LogP contribution in [0.15, 0.2) is 18.2 Å². The summed E-state index contributed by atoms with van der Waals surface area (Å²) in [6.07, 6.45) is 0. The van der Waals surface area contributed by atoms with Crippen LogP contribution in [0.2, 0.25) is 0 Å². The second-order valence-corrected chi connectivity index (χ2v) is 7.25. The highest BCUT2D eigenvalue weighted by molar-refractivity contribution is 5.95. The standard InChI is InChI=1S/C19H28N2O3/c1-6-24-16-8-7-15(13-14(16)2)17(22)20-9-11-21(12-10-20)18(23)19(3,4)5/h7-8,13H,6,9-12H2,1-5H3. The monoisotopic (exact) mass is 332 g/mol. The first-order chi connectivity index (χ1) is 11.2. The van der Waals surface area contributed by atoms with Crippen molar-refractivity contribution in [1.82, 2.24) is 9.80 Å². The van der Waals surface area contributed by atoms with Gasteiger partial charge < -0.3 is 14.5 Å². The van der Waals surface area contributed by atoms with Gasteiger partial charge in [0.15, 0.2) is 0 Å². The van der Waals surface area contributed by atoms with Gasteiger partial charge in [-0.1, -0.05) is 20.8 Å². The Balaban J connectivity index is 2.00. The number of hydrogen-bond acceptors (Lipinski definition) is 3. The number of benzene rings is 1. The molecule has 2 rings (SSSR count). The number of carbonyl (C=O) groups excluding carboxylic acids is 2. The first kappa shape index (κ1) is 18.3. The molecular weight excluding hydrogens is 304 g/mol. The number of aryl methyl sites for hydroxylation is 1. The van der Waals surface area contributed by atoms with Gasteiger partial charge in [-0.05, 0) is 37.6 Å². The molecule has 132 valence electrons. The van der Waals surface area contributed by atoms with Crippen LogP contribution in [-0.2, 0) is 4.79 Å². The molecule has 0 atom stereocenters. The lowest BCUT2D eigenvalue weighted by Crippen LogP contribution is -2.53. The highest BCUT2D eigenvalue weighted by Gasteiger charge is 2.31. The Morgan fingerprint density at radius 1 is 1.08 bits per heavy atom. The van der Waals surface area contributed by atoms with Gasteiger partial charge in [0.2, 0.25) is 5.91 Å². The highest BCUT2D eigenvalue weighted by Crippen LogP contribution is 2.22. The molecule has 1 aliphatic heterocycles. The van der Waals surface area contributed by atoms with Gasteiger partial charge in [0.1, 0.15) is 5.75 Å². The lowest BCUT2D eigenvalue weighted by molar-refractivity contribution is -0.140. The molecule has 1 fully saturated rings. The fraction of sp³-hybridized carbons (Fsp3) is 0.579. The van der Waals surface area contributed by atoms with Crippen molar-refractivity contribution in [2.75, 3.05) is 32.8 Å². The largest absolute Gasteiger partial charge is 0.494 e. The second kappa shape index (κ2) is 7.24. The third-order valence-electron chi connectivity index (χ3n) is 4.22. The number of ether oxygens (including phenoxy) is 1. The van der Waals surface area contributed by atoms with Crippen molar-refractivity contribution in [3.8, 4) is 5.75 Å². The van der Waals surface area contributed by atoms with Crippen molar-refractivity contribution >= 4 is 11.8 Å². The van der Waals surface area contributed by atoms with Crippen LogP contribution in [0.1, 0.15) is 43.6 Å². The Morgan fingerprint density at radius 2 is 1.67 bits per heavy atom. The molecule has 24 heavy (non-hydrogen) atoms. The smallest absolute Gasteiger partial charge is 0.253 e. The molecule has 2 amide bonds. The first-order valence-electron chi connectivity index (χ1n) is 8.56. The topological polar surface area (TPSA) is 49.9 Å². The zero-order valence-electron chi connectivity index (χ0n) is 15.4. The maximum Gasteiger partial charge on any atom is 0.253 e. The quantitative estimate of drug-likeness (QED) is 0.855. The molecule has 1 heterocycles. The van der Waals surface area contributed by atoms with Crippen LogP contribution in [0.25, 0.3) is 0 Å². The minimum Gasteiger partial charge on any atom is -0.494 e. The van der Waals surface area contributed by atoms with E-state index in [4.69, 9.17) is 4.74 Å². The third-order valence-corrected chi connectivity index (χ3v) is 4.22. The zero-order chi connectivity index (χ0) is 17.9. The maximum atomic E-state index is 12.7. The van der Waals surface area contributed by atoms with E-state index in [1.807, 2.05) is 62.6 Å². The maximum absolute atomic E-state index is 12.7. The van der Waals surface area contributed by atoms with Crippen molar-refractivity contribution in [2.45, 2.75) is 34.6 Å². The van der Waals surface area contributed by atoms with Crippen LogP contribution in [0.4, 0.5) is 0 Å². The van der Waals surface area contributed by atoms with Gasteiger partial charge >= 0.3 is 0 Å². The summed E-state index contributed by atoms with van der Waals surface area (Å²) in [7, 11) is 0. The van der Waals surface area contributed by atoms with Crippen LogP contribution in [0.5, 0.6) is 5.75 Å². The summed E-state index contributed by atoms with van der Waals surface area (Å²) in [5.41, 5.74) is 1.26. The molecule has 0 unspecified atom stereocenters. The number of nitrogens with zero attached hydrogens (tertiary/aromatic N) is 2. The molecule has 0 aliphatic carbocycles. The van der Waals surface area contributed by atoms with Crippen LogP contribution < -0.4 is 4.74 Å². The van der Waals surface area contributed by atoms with E-state index in [9.17, 15) is 9.59 Å². The Hall–Kier alpha value is -2.04. The predicted molar refractivity (Wildman–Crippen MR) is 94.3 cm³/mol. The summed E-state index contributed by atoms with van der Waals surface area (Å²) < 4.78 is 5.52. The highest BCUT2D eigenvalue weighted by atomic mass is 16.5. The SMILES string of the molecule is CCOc1ccc(C(=O)N2CCN(C(=O)C(C)(C)C)CC2)cc1C. The van der Waals surface area contributed by atoms with Crippen molar-refractivity contribution < 1.29 is 14.3 Å². The molecule has 5 nitrogen and oxygen atoms in total. The molecule has 0 saturated carbocycles. The molecular formula is C19H28N2O3. The number of piperazine rings is 1. The van der Waals surface area contributed by atoms with Gasteiger partial charge in [0, 0.05) is 37.2 Å². The van der Waals surface area contributed by atoms with Gasteiger partial charge in [0.05, 0.1) is 6.61 Å². The van der Waals surface area contributed by atoms with E-state index in [2.05, 4.69) is 0 Å². The van der Waals surface area contributed by atoms with Gasteiger partial charge in [-0.25, -0.2) is 0 Å². The molecule has 0 spiro atoms. The Labute approximate surface area is 144 Å². The Morgan fingerprint density at radius 3 is 2.17 bits per heavy atom. The Bertz CT molecular complexity index is 612. The molecule has 1 aromatic rings. The summed E-state index contributed by atoms with van der Waals surface area (Å²) in [4.78, 5) is 28.7. The minimum absolute atomic E-state index is 0.0176. The van der Waals surface area contributed by atoms with E-state index >= 15 is 0 Å². The van der Waals surface area contributed by atoms with Crippen LogP contribution >= 0.6 is 0 Å². The predicted octanol–water partition coefficient (Wildman–Crippen LogP) is 2.72. The fourth-order valence-corrected chi connectivity index (χ4v) is 2.87. The molecule has 1 aromatic carbocycles. The number of hydrogen-bond donors (Lipinski definition) is 0. The summed E-state index contributed by atoms with van der Waals surface area (Å²) in [5, 5.41) is 0. The zero-order valence-corrected chi connectivity index (χ0v) is 15.4. The van der Waals surface area contributed by atoms with Gasteiger partial charge in [-0.3, -0.25) is 9.59 Å². The van der Waals surface area contributed by atoms with E-state index in [1.54, 1.807) is 0 Å². The molecule has 0 N–H and O–H groups in total. The molecule has 1 aliphatic rings. The van der Waals surface area contributed by atoms with Crippen molar-refractivity contribution in [2.24, 2.45) is 5.41 Å². The fourth-order valence-electron chi connectivity index (χ4n) is 2.87. The van der Waals surface area contributed by atoms with Gasteiger partial charge in [0.25, 0.3) is 5.91 Å². The molecule has 0 radical (unpaired) electrons. The normalized spacial score (nSPS) is 15.4. The van der Waals surface area contributed by atoms with E-state index in [0.29, 0.717) is 38.3 Å². The second-order valence-electron chi connectivity index (χ2n) is 7.25. The minimum atomic E-state index is -0.377. The van der Waals surface area contributed by atoms with E-state index in [0.717, 1.165) is 11.3 Å². The van der Waals surface area contributed by atoms with E-state index < -0.39 is 0 Å². The number of carbonyl (C=O) groups is 2. The summed E-state index contributed by atoms with van der Waals surface area (Å²) >= 11 is 0. The van der Waals surface area contributed by atoms with Crippen molar-refractivity contribution in [3.63, 3.8) is 0 Å².